The van der Waals surface area contributed by atoms with Crippen molar-refractivity contribution in [1.29, 1.82) is 0 Å². The molecule has 116 valence electrons. The molecule has 2 aromatic rings. The molecule has 1 amide bonds. The summed E-state index contributed by atoms with van der Waals surface area (Å²) in [6.45, 7) is 1.17. The molecule has 0 aliphatic carbocycles. The van der Waals surface area contributed by atoms with Gasteiger partial charge in [-0.2, -0.15) is 0 Å². The Morgan fingerprint density at radius 2 is 2.00 bits per heavy atom. The first-order chi connectivity index (χ1) is 11.1. The molecule has 0 atom stereocenters. The molecular formula is C17H14N2O4. The number of carboxylic acid groups (broad SMARTS) is 1. The minimum Gasteiger partial charge on any atom is -0.477 e. The zero-order valence-corrected chi connectivity index (χ0v) is 12.2. The number of ether oxygens (including phenoxy) is 1. The van der Waals surface area contributed by atoms with Crippen molar-refractivity contribution in [1.82, 2.24) is 9.88 Å². The van der Waals surface area contributed by atoms with Crippen LogP contribution in [0.25, 0.3) is 0 Å². The van der Waals surface area contributed by atoms with Gasteiger partial charge in [-0.1, -0.05) is 24.3 Å². The second kappa shape index (κ2) is 4.89. The van der Waals surface area contributed by atoms with Crippen LogP contribution in [0, 0.1) is 0 Å². The molecule has 1 saturated heterocycles. The average molecular weight is 310 g/mol. The van der Waals surface area contributed by atoms with Crippen LogP contribution in [0.2, 0.25) is 0 Å². The van der Waals surface area contributed by atoms with E-state index < -0.39 is 11.5 Å². The fraction of sp³-hybridized carbons (Fsp3) is 0.235. The molecule has 1 aromatic heterocycles. The van der Waals surface area contributed by atoms with Gasteiger partial charge in [-0.05, 0) is 23.8 Å². The molecule has 2 aliphatic heterocycles. The Bertz CT molecular complexity index is 814. The standard InChI is InChI=1S/C17H14N2O4/c20-15-12-5-1-2-6-13(12)17(9-23-10-17)19(15)8-11-4-3-7-14(18-11)16(21)22/h1-7H,8-10H2,(H,21,22). The monoisotopic (exact) mass is 310 g/mol. The molecule has 0 bridgehead atoms. The van der Waals surface area contributed by atoms with Gasteiger partial charge in [0.2, 0.25) is 0 Å². The quantitative estimate of drug-likeness (QED) is 0.932. The Morgan fingerprint density at radius 1 is 1.22 bits per heavy atom. The van der Waals surface area contributed by atoms with Crippen molar-refractivity contribution < 1.29 is 19.4 Å². The van der Waals surface area contributed by atoms with Crippen LogP contribution in [-0.4, -0.2) is 40.1 Å². The zero-order valence-electron chi connectivity index (χ0n) is 12.2. The average Bonchev–Trinajstić information content (AvgIpc) is 2.77. The van der Waals surface area contributed by atoms with E-state index in [0.29, 0.717) is 24.5 Å². The van der Waals surface area contributed by atoms with E-state index in [9.17, 15) is 9.59 Å². The molecule has 0 radical (unpaired) electrons. The summed E-state index contributed by atoms with van der Waals surface area (Å²) >= 11 is 0. The van der Waals surface area contributed by atoms with Crippen molar-refractivity contribution in [3.63, 3.8) is 0 Å². The highest BCUT2D eigenvalue weighted by Crippen LogP contribution is 2.44. The lowest BCUT2D eigenvalue weighted by Gasteiger charge is -2.45. The Kier molecular flexibility index (Phi) is 2.96. The smallest absolute Gasteiger partial charge is 0.354 e. The summed E-state index contributed by atoms with van der Waals surface area (Å²) in [5.41, 5.74) is 1.74. The van der Waals surface area contributed by atoms with Gasteiger partial charge in [-0.25, -0.2) is 9.78 Å². The maximum atomic E-state index is 12.8. The highest BCUT2D eigenvalue weighted by Gasteiger charge is 2.54. The van der Waals surface area contributed by atoms with Gasteiger partial charge in [0.1, 0.15) is 11.2 Å². The van der Waals surface area contributed by atoms with Crippen LogP contribution in [0.3, 0.4) is 0 Å². The summed E-state index contributed by atoms with van der Waals surface area (Å²) in [7, 11) is 0. The molecule has 2 aliphatic rings. The Balaban J connectivity index is 1.71. The van der Waals surface area contributed by atoms with Crippen LogP contribution < -0.4 is 0 Å². The van der Waals surface area contributed by atoms with Crippen LogP contribution in [0.15, 0.2) is 42.5 Å². The van der Waals surface area contributed by atoms with Gasteiger partial charge in [0.05, 0.1) is 25.5 Å². The second-order valence-corrected chi connectivity index (χ2v) is 5.78. The first-order valence-corrected chi connectivity index (χ1v) is 7.30. The Labute approximate surface area is 132 Å². The Morgan fingerprint density at radius 3 is 2.70 bits per heavy atom. The molecule has 6 heteroatoms. The number of aromatic carboxylic acids is 1. The molecule has 1 fully saturated rings. The van der Waals surface area contributed by atoms with E-state index in [2.05, 4.69) is 4.98 Å². The summed E-state index contributed by atoms with van der Waals surface area (Å²) in [4.78, 5) is 29.7. The minimum absolute atomic E-state index is 0.0226. The number of hydrogen-bond acceptors (Lipinski definition) is 4. The van der Waals surface area contributed by atoms with Crippen molar-refractivity contribution >= 4 is 11.9 Å². The fourth-order valence-electron chi connectivity index (χ4n) is 3.24. The number of carbonyl (C=O) groups is 2. The number of pyridine rings is 1. The van der Waals surface area contributed by atoms with Gasteiger partial charge < -0.3 is 14.7 Å². The third kappa shape index (κ3) is 1.95. The maximum Gasteiger partial charge on any atom is 0.354 e. The molecular weight excluding hydrogens is 296 g/mol. The van der Waals surface area contributed by atoms with E-state index in [1.807, 2.05) is 24.3 Å². The first-order valence-electron chi connectivity index (χ1n) is 7.30. The minimum atomic E-state index is -1.08. The molecule has 1 aromatic carbocycles. The van der Waals surface area contributed by atoms with E-state index >= 15 is 0 Å². The Hall–Kier alpha value is -2.73. The highest BCUT2D eigenvalue weighted by molar-refractivity contribution is 6.00. The van der Waals surface area contributed by atoms with Gasteiger partial charge in [0.25, 0.3) is 5.91 Å². The third-order valence-corrected chi connectivity index (χ3v) is 4.45. The topological polar surface area (TPSA) is 79.7 Å². The molecule has 23 heavy (non-hydrogen) atoms. The predicted octanol–water partition coefficient (Wildman–Crippen LogP) is 1.66. The normalized spacial score (nSPS) is 17.9. The van der Waals surface area contributed by atoms with Crippen molar-refractivity contribution in [3.8, 4) is 0 Å². The van der Waals surface area contributed by atoms with Crippen LogP contribution in [-0.2, 0) is 16.8 Å². The van der Waals surface area contributed by atoms with Crippen molar-refractivity contribution in [3.05, 3.63) is 65.0 Å². The summed E-state index contributed by atoms with van der Waals surface area (Å²) in [6, 6.07) is 12.3. The van der Waals surface area contributed by atoms with Crippen molar-refractivity contribution in [2.45, 2.75) is 12.1 Å². The molecule has 0 saturated carbocycles. The highest BCUT2D eigenvalue weighted by atomic mass is 16.5. The maximum absolute atomic E-state index is 12.8. The number of hydrogen-bond donors (Lipinski definition) is 1. The van der Waals surface area contributed by atoms with Crippen molar-refractivity contribution in [2.75, 3.05) is 13.2 Å². The molecule has 1 spiro atoms. The molecule has 3 heterocycles. The van der Waals surface area contributed by atoms with E-state index in [1.165, 1.54) is 6.07 Å². The number of nitrogens with zero attached hydrogens (tertiary/aromatic N) is 2. The number of fused-ring (bicyclic) bond motifs is 2. The van der Waals surface area contributed by atoms with Gasteiger partial charge in [0, 0.05) is 5.56 Å². The van der Waals surface area contributed by atoms with E-state index in [-0.39, 0.29) is 18.1 Å². The lowest BCUT2D eigenvalue weighted by molar-refractivity contribution is -0.128. The largest absolute Gasteiger partial charge is 0.477 e. The number of carboxylic acids is 1. The summed E-state index contributed by atoms with van der Waals surface area (Å²) in [5.74, 6) is -1.14. The van der Waals surface area contributed by atoms with Crippen LogP contribution in [0.1, 0.15) is 32.1 Å². The summed E-state index contributed by atoms with van der Waals surface area (Å²) < 4.78 is 5.39. The van der Waals surface area contributed by atoms with E-state index in [4.69, 9.17) is 9.84 Å². The van der Waals surface area contributed by atoms with E-state index in [0.717, 1.165) is 5.56 Å². The number of amides is 1. The summed E-state index contributed by atoms with van der Waals surface area (Å²) in [5, 5.41) is 9.06. The lowest BCUT2D eigenvalue weighted by Crippen LogP contribution is -2.57. The van der Waals surface area contributed by atoms with Crippen LogP contribution >= 0.6 is 0 Å². The van der Waals surface area contributed by atoms with Crippen LogP contribution in [0.4, 0.5) is 0 Å². The second-order valence-electron chi connectivity index (χ2n) is 5.78. The molecule has 6 nitrogen and oxygen atoms in total. The van der Waals surface area contributed by atoms with Crippen LogP contribution in [0.5, 0.6) is 0 Å². The number of carbonyl (C=O) groups excluding carboxylic acids is 1. The van der Waals surface area contributed by atoms with Gasteiger partial charge in [-0.15, -0.1) is 0 Å². The summed E-state index contributed by atoms with van der Waals surface area (Å²) in [6.07, 6.45) is 0. The predicted molar refractivity (Wildman–Crippen MR) is 80.0 cm³/mol. The zero-order chi connectivity index (χ0) is 16.0. The van der Waals surface area contributed by atoms with Gasteiger partial charge >= 0.3 is 5.97 Å². The lowest BCUT2D eigenvalue weighted by atomic mass is 9.88. The van der Waals surface area contributed by atoms with E-state index in [1.54, 1.807) is 17.0 Å². The fourth-order valence-corrected chi connectivity index (χ4v) is 3.24. The SMILES string of the molecule is O=C(O)c1cccc(CN2C(=O)c3ccccc3C23COC3)n1. The first kappa shape index (κ1) is 13.9. The van der Waals surface area contributed by atoms with Gasteiger partial charge in [-0.3, -0.25) is 4.79 Å². The number of rotatable bonds is 3. The third-order valence-electron chi connectivity index (χ3n) is 4.45. The molecule has 0 unspecified atom stereocenters. The molecule has 1 N–H and O–H groups in total. The number of benzene rings is 1. The van der Waals surface area contributed by atoms with Crippen molar-refractivity contribution in [2.24, 2.45) is 0 Å². The van der Waals surface area contributed by atoms with Gasteiger partial charge in [0.15, 0.2) is 0 Å². The number of aromatic nitrogens is 1. The molecule has 4 rings (SSSR count).